The van der Waals surface area contributed by atoms with Gasteiger partial charge < -0.3 is 55.3 Å². The fourth-order valence-electron chi connectivity index (χ4n) is 9.92. The SMILES string of the molecule is COc1cc([C@@H](O)Cc2c(Cl)c[nH+]cc2Cl)ccc1OC(F)F.COc1cc([C@H](Cc2c(Cl)c[nH+]cc2Cl)OC(=O)[C@@H]2CCCN2S(=O)(=O)c2ccccc2)ccc1OC(F)F.O=C(O)[C@@H]1CCCN1.O=C(O)[C@@H]1CCCN1S(=O)(=O)c1ccccc1.O=S(=O)(Cl)c1ccccc1.S.S.[OH-].[OH-]. The van der Waals surface area contributed by atoms with E-state index in [-0.39, 0.29) is 124 Å². The predicted octanol–water partition coefficient (Wildman–Crippen LogP) is 11.0. The van der Waals surface area contributed by atoms with Crippen molar-refractivity contribution < 1.29 is 117 Å². The second kappa shape index (κ2) is 42.9. The van der Waals surface area contributed by atoms with Gasteiger partial charge in [-0.2, -0.15) is 53.2 Å². The second-order valence-corrected chi connectivity index (χ2v) is 28.9. The molecule has 10 rings (SSSR count). The highest BCUT2D eigenvalue weighted by atomic mass is 35.7. The summed E-state index contributed by atoms with van der Waals surface area (Å²) in [6.07, 6.45) is 7.80. The van der Waals surface area contributed by atoms with E-state index in [1.165, 1.54) is 99.4 Å². The van der Waals surface area contributed by atoms with E-state index in [1.54, 1.807) is 67.0 Å². The molecule has 0 spiro atoms. The van der Waals surface area contributed by atoms with Crippen LogP contribution < -0.4 is 34.2 Å². The molecule has 0 unspecified atom stereocenters. The van der Waals surface area contributed by atoms with E-state index in [9.17, 15) is 62.3 Å². The Balaban J connectivity index is 0.000000474. The number of carbonyl (C=O) groups excluding carboxylic acids is 1. The number of sulfonamides is 2. The third kappa shape index (κ3) is 26.3. The number of carboxylic acids is 2. The number of alkyl halides is 4. The fraction of sp³-hybridized carbons (Fsp3) is 0.317. The number of hydrogen-bond acceptors (Lipinski definition) is 18. The predicted molar refractivity (Wildman–Crippen MR) is 374 cm³/mol. The minimum absolute atomic E-state index is 0. The number of aromatic amines is 2. The number of carboxylic acid groups (broad SMARTS) is 2. The van der Waals surface area contributed by atoms with E-state index < -0.39 is 84.5 Å². The van der Waals surface area contributed by atoms with Crippen molar-refractivity contribution in [3.8, 4) is 23.0 Å². The van der Waals surface area contributed by atoms with Crippen molar-refractivity contribution in [2.24, 2.45) is 0 Å². The zero-order valence-electron chi connectivity index (χ0n) is 53.2. The van der Waals surface area contributed by atoms with Crippen LogP contribution in [0.5, 0.6) is 23.0 Å². The Bertz CT molecular complexity index is 4090. The van der Waals surface area contributed by atoms with Gasteiger partial charge in [0.05, 0.1) is 35.0 Å². The first-order valence-electron chi connectivity index (χ1n) is 29.1. The first-order valence-corrected chi connectivity index (χ1v) is 35.8. The van der Waals surface area contributed by atoms with Gasteiger partial charge in [0.1, 0.15) is 44.3 Å². The van der Waals surface area contributed by atoms with Gasteiger partial charge in [0, 0.05) is 47.7 Å². The van der Waals surface area contributed by atoms with Crippen molar-refractivity contribution in [3.63, 3.8) is 0 Å². The molecule has 3 aliphatic heterocycles. The van der Waals surface area contributed by atoms with E-state index in [1.807, 2.05) is 0 Å². The van der Waals surface area contributed by atoms with Gasteiger partial charge in [-0.3, -0.25) is 14.4 Å². The summed E-state index contributed by atoms with van der Waals surface area (Å²) in [5.74, 6) is -2.79. The Morgan fingerprint density at radius 2 is 0.950 bits per heavy atom. The number of pyridine rings is 2. The summed E-state index contributed by atoms with van der Waals surface area (Å²) in [5, 5.41) is 31.9. The molecule has 0 aliphatic carbocycles. The molecule has 5 aromatic carbocycles. The zero-order chi connectivity index (χ0) is 71.2. The lowest BCUT2D eigenvalue weighted by molar-refractivity contribution is -0.378. The third-order valence-electron chi connectivity index (χ3n) is 14.7. The van der Waals surface area contributed by atoms with Crippen molar-refractivity contribution in [1.82, 2.24) is 13.9 Å². The minimum Gasteiger partial charge on any atom is -0.870 e. The summed E-state index contributed by atoms with van der Waals surface area (Å²) in [5.41, 5.74) is 1.87. The van der Waals surface area contributed by atoms with Crippen LogP contribution in [0.15, 0.2) is 167 Å². The summed E-state index contributed by atoms with van der Waals surface area (Å²) in [6.45, 7) is -4.75. The molecule has 2 aromatic heterocycles. The zero-order valence-corrected chi connectivity index (χ0v) is 61.5. The van der Waals surface area contributed by atoms with E-state index >= 15 is 0 Å². The highest BCUT2D eigenvalue weighted by Crippen LogP contribution is 2.39. The number of methoxy groups -OCH3 is 2. The number of carbonyl (C=O) groups is 3. The third-order valence-corrected chi connectivity index (χ3v) is 21.2. The maximum atomic E-state index is 13.5. The van der Waals surface area contributed by atoms with Crippen LogP contribution in [0.2, 0.25) is 20.1 Å². The molecular weight excluding hydrogens is 1540 g/mol. The number of aliphatic carboxylic acids is 2. The van der Waals surface area contributed by atoms with Crippen molar-refractivity contribution in [3.05, 3.63) is 195 Å². The normalized spacial score (nSPS) is 16.2. The lowest BCUT2D eigenvalue weighted by atomic mass is 10.0. The minimum atomic E-state index is -3.95. The molecule has 0 radical (unpaired) electrons. The first kappa shape index (κ1) is 90.6. The Morgan fingerprint density at radius 3 is 1.32 bits per heavy atom. The molecule has 0 amide bonds. The second-order valence-electron chi connectivity index (χ2n) is 20.9. The molecular formula is C63H72Cl5F4N5O19S5. The van der Waals surface area contributed by atoms with Crippen molar-refractivity contribution in [2.75, 3.05) is 33.9 Å². The van der Waals surface area contributed by atoms with Crippen LogP contribution in [-0.2, 0) is 61.1 Å². The molecule has 0 saturated carbocycles. The Labute approximate surface area is 618 Å². The average molecular weight is 1620 g/mol. The van der Waals surface area contributed by atoms with Gasteiger partial charge in [-0.15, -0.1) is 0 Å². The van der Waals surface area contributed by atoms with E-state index in [0.29, 0.717) is 51.6 Å². The topological polar surface area (TPSA) is 367 Å². The lowest BCUT2D eigenvalue weighted by Crippen LogP contribution is -2.41. The van der Waals surface area contributed by atoms with Gasteiger partial charge in [0.2, 0.25) is 20.0 Å². The molecule has 0 bridgehead atoms. The number of H-pyrrole nitrogens is 2. The summed E-state index contributed by atoms with van der Waals surface area (Å²) in [6, 6.07) is 29.7. The van der Waals surface area contributed by atoms with Crippen LogP contribution in [0.1, 0.15) is 73.0 Å². The number of aliphatic hydroxyl groups excluding tert-OH is 1. The first-order chi connectivity index (χ1) is 46.0. The highest BCUT2D eigenvalue weighted by Gasteiger charge is 2.42. The van der Waals surface area contributed by atoms with E-state index in [2.05, 4.69) is 24.8 Å². The number of nitrogens with zero attached hydrogens (tertiary/aromatic N) is 2. The highest BCUT2D eigenvalue weighted by molar-refractivity contribution is 8.13. The number of benzene rings is 5. The molecule has 5 heterocycles. The van der Waals surface area contributed by atoms with Crippen LogP contribution in [0, 0.1) is 0 Å². The smallest absolute Gasteiger partial charge is 0.387 e. The standard InChI is InChI=1S/C26H24Cl2F2N2O6S.C15H13Cl2F2NO3.C11H13NO4S.C6H5ClO2S.C5H9NO2.2H2O.2H2S/c1-36-24-12-16(9-10-22(24)38-26(29)30)23(13-18-19(27)14-31-15-20(18)28)37-25(33)21-8-5-11-32(21)39(34,35)17-6-3-2-4-7-17;1-22-14-4-8(2-3-13(14)23-15(18)19)12(21)5-9-10(16)6-20-7-11(9)17;13-11(14)10-7-4-8-12(10)17(15,16)9-5-2-1-3-6-9;7-10(8,9)6-4-2-1-3-5-6;7-5(8)4-2-1-3-6-4;;;;/h2-4,6-7,9-10,12,14-15,21,23,26H,5,8,11,13H2,1H3;2-4,6-7,12,15,21H,5H2,1H3;1-3,5-6,10H,4,7-8H2,(H,13,14);1-5H;4,6H,1-3H2,(H,7,8);4*1H2/t21-,23-;12-;10-;;4-;;;;/m000.0..../s1. The van der Waals surface area contributed by atoms with Gasteiger partial charge in [0.15, 0.2) is 47.8 Å². The van der Waals surface area contributed by atoms with Gasteiger partial charge in [-0.1, -0.05) is 113 Å². The molecule has 101 heavy (non-hydrogen) atoms. The number of rotatable bonds is 21. The number of ether oxygens (including phenoxy) is 5. The van der Waals surface area contributed by atoms with Crippen LogP contribution in [0.3, 0.4) is 0 Å². The van der Waals surface area contributed by atoms with Gasteiger partial charge in [0.25, 0.3) is 9.05 Å². The van der Waals surface area contributed by atoms with E-state index in [0.717, 1.165) is 28.0 Å². The maximum absolute atomic E-state index is 13.5. The summed E-state index contributed by atoms with van der Waals surface area (Å²) >= 11 is 24.8. The monoisotopic (exact) mass is 1610 g/mol. The number of aliphatic hydroxyl groups is 1. The number of halogens is 9. The molecule has 5 atom stereocenters. The summed E-state index contributed by atoms with van der Waals surface area (Å²) in [7, 11) is -3.53. The Morgan fingerprint density at radius 1 is 0.554 bits per heavy atom. The van der Waals surface area contributed by atoms with Crippen molar-refractivity contribution >= 4 is 131 Å². The molecule has 556 valence electrons. The molecule has 7 aromatic rings. The molecule has 3 saturated heterocycles. The Hall–Kier alpha value is -6.51. The number of aromatic nitrogens is 2. The fourth-order valence-corrected chi connectivity index (χ4v) is 15.1. The molecule has 8 N–H and O–H groups in total. The van der Waals surface area contributed by atoms with Crippen LogP contribution in [0.4, 0.5) is 17.6 Å². The molecule has 3 aliphatic rings. The lowest BCUT2D eigenvalue weighted by Gasteiger charge is -2.26. The number of esters is 1. The summed E-state index contributed by atoms with van der Waals surface area (Å²) in [4.78, 5) is 40.5. The largest absolute Gasteiger partial charge is 0.870 e. The summed E-state index contributed by atoms with van der Waals surface area (Å²) < 4.78 is 150. The maximum Gasteiger partial charge on any atom is 0.387 e. The van der Waals surface area contributed by atoms with Crippen LogP contribution in [-0.4, -0.2) is 143 Å². The van der Waals surface area contributed by atoms with Crippen LogP contribution in [0.25, 0.3) is 0 Å². The van der Waals surface area contributed by atoms with Crippen LogP contribution >= 0.6 is 84.1 Å². The van der Waals surface area contributed by atoms with Gasteiger partial charge in [-0.25, -0.2) is 35.2 Å². The van der Waals surface area contributed by atoms with Gasteiger partial charge in [-0.05, 0) is 117 Å². The van der Waals surface area contributed by atoms with Crippen molar-refractivity contribution in [1.29, 1.82) is 0 Å². The average Bonchev–Trinajstić information content (AvgIpc) is 1.55. The number of nitrogens with one attached hydrogen (secondary N) is 3. The molecule has 38 heteroatoms. The van der Waals surface area contributed by atoms with Crippen molar-refractivity contribution in [2.45, 2.75) is 110 Å². The van der Waals surface area contributed by atoms with E-state index in [4.69, 9.17) is 81.5 Å². The Kier molecular flexibility index (Phi) is 38.5. The van der Waals surface area contributed by atoms with Gasteiger partial charge >= 0.3 is 31.1 Å². The molecule has 3 fully saturated rings. The molecule has 24 nitrogen and oxygen atoms in total. The quantitative estimate of drug-likeness (QED) is 0.0295. The number of hydrogen-bond donors (Lipinski definition) is 4.